The number of carbonyl (C=O) groups is 2. The summed E-state index contributed by atoms with van der Waals surface area (Å²) in [6.07, 6.45) is 1.12. The fourth-order valence-corrected chi connectivity index (χ4v) is 2.70. The van der Waals surface area contributed by atoms with E-state index in [4.69, 9.17) is 14.4 Å². The first kappa shape index (κ1) is 21.4. The molecule has 0 aliphatic rings. The SMILES string of the molecule is COc1ccc(-c2noc(CCCC(=O)NC(C)(CC(=O)O)C(C)C)n2)cc1. The minimum Gasteiger partial charge on any atom is -0.497 e. The number of aliphatic carboxylic acids is 1. The van der Waals surface area contributed by atoms with Crippen molar-refractivity contribution in [1.29, 1.82) is 0 Å². The second-order valence-electron chi connectivity index (χ2n) is 7.28. The number of nitrogens with one attached hydrogen (secondary N) is 1. The number of hydrogen-bond acceptors (Lipinski definition) is 6. The topological polar surface area (TPSA) is 115 Å². The summed E-state index contributed by atoms with van der Waals surface area (Å²) in [5, 5.41) is 15.9. The van der Waals surface area contributed by atoms with E-state index in [2.05, 4.69) is 15.5 Å². The minimum atomic E-state index is -0.937. The first-order valence-electron chi connectivity index (χ1n) is 9.23. The van der Waals surface area contributed by atoms with E-state index in [1.807, 2.05) is 38.1 Å². The third-order valence-electron chi connectivity index (χ3n) is 4.83. The first-order valence-corrected chi connectivity index (χ1v) is 9.23. The van der Waals surface area contributed by atoms with E-state index in [9.17, 15) is 9.59 Å². The first-order chi connectivity index (χ1) is 13.2. The molecule has 0 radical (unpaired) electrons. The maximum atomic E-state index is 12.2. The van der Waals surface area contributed by atoms with Crippen LogP contribution in [0.5, 0.6) is 5.75 Å². The molecule has 0 spiro atoms. The molecule has 0 saturated heterocycles. The lowest BCUT2D eigenvalue weighted by Gasteiger charge is -2.33. The number of methoxy groups -OCH3 is 1. The van der Waals surface area contributed by atoms with E-state index in [1.54, 1.807) is 14.0 Å². The molecule has 8 heteroatoms. The predicted octanol–water partition coefficient (Wildman–Crippen LogP) is 3.07. The Morgan fingerprint density at radius 1 is 1.29 bits per heavy atom. The number of carboxylic acid groups (broad SMARTS) is 1. The van der Waals surface area contributed by atoms with Crippen molar-refractivity contribution in [3.8, 4) is 17.1 Å². The Labute approximate surface area is 164 Å². The summed E-state index contributed by atoms with van der Waals surface area (Å²) in [6, 6.07) is 7.32. The number of hydrogen-bond donors (Lipinski definition) is 2. The van der Waals surface area contributed by atoms with Gasteiger partial charge in [-0.2, -0.15) is 4.98 Å². The van der Waals surface area contributed by atoms with E-state index < -0.39 is 11.5 Å². The molecule has 1 heterocycles. The van der Waals surface area contributed by atoms with E-state index >= 15 is 0 Å². The average Bonchev–Trinajstić information content (AvgIpc) is 3.09. The van der Waals surface area contributed by atoms with Crippen molar-refractivity contribution in [2.75, 3.05) is 7.11 Å². The van der Waals surface area contributed by atoms with Gasteiger partial charge in [-0.05, 0) is 43.5 Å². The predicted molar refractivity (Wildman–Crippen MR) is 103 cm³/mol. The van der Waals surface area contributed by atoms with Crippen LogP contribution in [0.1, 0.15) is 45.9 Å². The number of rotatable bonds is 10. The number of amides is 1. The zero-order valence-corrected chi connectivity index (χ0v) is 16.7. The number of ether oxygens (including phenoxy) is 1. The van der Waals surface area contributed by atoms with E-state index in [1.165, 1.54) is 0 Å². The van der Waals surface area contributed by atoms with Crippen LogP contribution < -0.4 is 10.1 Å². The van der Waals surface area contributed by atoms with Gasteiger partial charge in [0.25, 0.3) is 0 Å². The second-order valence-corrected chi connectivity index (χ2v) is 7.28. The molecule has 1 aromatic heterocycles. The Morgan fingerprint density at radius 3 is 2.54 bits per heavy atom. The van der Waals surface area contributed by atoms with Crippen molar-refractivity contribution in [3.63, 3.8) is 0 Å². The average molecular weight is 389 g/mol. The zero-order valence-electron chi connectivity index (χ0n) is 16.7. The van der Waals surface area contributed by atoms with Crippen LogP contribution in [-0.2, 0) is 16.0 Å². The molecule has 0 aliphatic heterocycles. The van der Waals surface area contributed by atoms with Crippen LogP contribution >= 0.6 is 0 Å². The van der Waals surface area contributed by atoms with E-state index in [-0.39, 0.29) is 24.7 Å². The number of aryl methyl sites for hydroxylation is 1. The molecule has 1 atom stereocenters. The number of carbonyl (C=O) groups excluding carboxylic acids is 1. The molecule has 8 nitrogen and oxygen atoms in total. The third-order valence-corrected chi connectivity index (χ3v) is 4.83. The molecule has 152 valence electrons. The van der Waals surface area contributed by atoms with Gasteiger partial charge < -0.3 is 19.7 Å². The molecule has 1 aromatic carbocycles. The number of aromatic nitrogens is 2. The highest BCUT2D eigenvalue weighted by atomic mass is 16.5. The molecule has 0 aliphatic carbocycles. The highest BCUT2D eigenvalue weighted by Crippen LogP contribution is 2.22. The van der Waals surface area contributed by atoms with Crippen LogP contribution in [0.3, 0.4) is 0 Å². The lowest BCUT2D eigenvalue weighted by atomic mass is 9.85. The third kappa shape index (κ3) is 5.80. The second kappa shape index (κ2) is 9.34. The maximum Gasteiger partial charge on any atom is 0.305 e. The van der Waals surface area contributed by atoms with Gasteiger partial charge in [-0.25, -0.2) is 0 Å². The summed E-state index contributed by atoms with van der Waals surface area (Å²) in [7, 11) is 1.60. The van der Waals surface area contributed by atoms with Gasteiger partial charge in [-0.3, -0.25) is 9.59 Å². The summed E-state index contributed by atoms with van der Waals surface area (Å²) in [5.41, 5.74) is 0.0319. The van der Waals surface area contributed by atoms with Crippen molar-refractivity contribution in [1.82, 2.24) is 15.5 Å². The van der Waals surface area contributed by atoms with Crippen LogP contribution in [0.2, 0.25) is 0 Å². The molecule has 0 saturated carbocycles. The summed E-state index contributed by atoms with van der Waals surface area (Å²) in [6.45, 7) is 5.54. The molecule has 1 unspecified atom stereocenters. The van der Waals surface area contributed by atoms with E-state index in [0.29, 0.717) is 24.6 Å². The highest BCUT2D eigenvalue weighted by Gasteiger charge is 2.32. The fourth-order valence-electron chi connectivity index (χ4n) is 2.70. The highest BCUT2D eigenvalue weighted by molar-refractivity contribution is 5.78. The number of carboxylic acids is 1. The monoisotopic (exact) mass is 389 g/mol. The fraction of sp³-hybridized carbons (Fsp3) is 0.500. The van der Waals surface area contributed by atoms with Crippen molar-refractivity contribution < 1.29 is 24.0 Å². The number of benzene rings is 1. The normalized spacial score (nSPS) is 13.2. The van der Waals surface area contributed by atoms with Crippen molar-refractivity contribution in [2.24, 2.45) is 5.92 Å². The molecule has 0 fully saturated rings. The Kier molecular flexibility index (Phi) is 7.14. The Bertz CT molecular complexity index is 800. The molecule has 2 aromatic rings. The van der Waals surface area contributed by atoms with Gasteiger partial charge in [-0.15, -0.1) is 0 Å². The largest absolute Gasteiger partial charge is 0.497 e. The van der Waals surface area contributed by atoms with Crippen LogP contribution in [0, 0.1) is 5.92 Å². The molecule has 2 rings (SSSR count). The van der Waals surface area contributed by atoms with Crippen molar-refractivity contribution in [3.05, 3.63) is 30.2 Å². The summed E-state index contributed by atoms with van der Waals surface area (Å²) >= 11 is 0. The van der Waals surface area contributed by atoms with Gasteiger partial charge in [0.1, 0.15) is 5.75 Å². The van der Waals surface area contributed by atoms with Gasteiger partial charge in [0.2, 0.25) is 17.6 Å². The summed E-state index contributed by atoms with van der Waals surface area (Å²) in [4.78, 5) is 27.7. The summed E-state index contributed by atoms with van der Waals surface area (Å²) < 4.78 is 10.4. The lowest BCUT2D eigenvalue weighted by molar-refractivity contribution is -0.139. The molecular formula is C20H27N3O5. The van der Waals surface area contributed by atoms with Crippen molar-refractivity contribution in [2.45, 2.75) is 52.0 Å². The van der Waals surface area contributed by atoms with Gasteiger partial charge in [-0.1, -0.05) is 19.0 Å². The van der Waals surface area contributed by atoms with Crippen molar-refractivity contribution >= 4 is 11.9 Å². The lowest BCUT2D eigenvalue weighted by Crippen LogP contribution is -2.51. The molecule has 2 N–H and O–H groups in total. The van der Waals surface area contributed by atoms with Crippen LogP contribution in [0.25, 0.3) is 11.4 Å². The molecular weight excluding hydrogens is 362 g/mol. The molecule has 0 bridgehead atoms. The molecule has 28 heavy (non-hydrogen) atoms. The minimum absolute atomic E-state index is 0.00412. The summed E-state index contributed by atoms with van der Waals surface area (Å²) in [5.74, 6) is 0.554. The van der Waals surface area contributed by atoms with Crippen LogP contribution in [0.15, 0.2) is 28.8 Å². The molecule has 1 amide bonds. The Morgan fingerprint density at radius 2 is 1.96 bits per heavy atom. The quantitative estimate of drug-likeness (QED) is 0.642. The smallest absolute Gasteiger partial charge is 0.305 e. The van der Waals surface area contributed by atoms with Crippen LogP contribution in [-0.4, -0.2) is 39.8 Å². The Balaban J connectivity index is 1.86. The van der Waals surface area contributed by atoms with Crippen LogP contribution in [0.4, 0.5) is 0 Å². The maximum absolute atomic E-state index is 12.2. The van der Waals surface area contributed by atoms with Gasteiger partial charge in [0, 0.05) is 23.9 Å². The van der Waals surface area contributed by atoms with E-state index in [0.717, 1.165) is 11.3 Å². The van der Waals surface area contributed by atoms with Gasteiger partial charge >= 0.3 is 5.97 Å². The number of nitrogens with zero attached hydrogens (tertiary/aromatic N) is 2. The standard InChI is InChI=1S/C20H27N3O5/c1-13(2)20(3,12-18(25)26)22-16(24)6-5-7-17-21-19(23-28-17)14-8-10-15(27-4)11-9-14/h8-11,13H,5-7,12H2,1-4H3,(H,22,24)(H,25,26). The van der Waals surface area contributed by atoms with Gasteiger partial charge in [0.15, 0.2) is 0 Å². The Hall–Kier alpha value is -2.90. The van der Waals surface area contributed by atoms with Gasteiger partial charge in [0.05, 0.1) is 13.5 Å². The zero-order chi connectivity index (χ0) is 20.7.